The lowest BCUT2D eigenvalue weighted by Gasteiger charge is -2.18. The molecule has 6 nitrogen and oxygen atoms in total. The molecule has 1 rings (SSSR count). The summed E-state index contributed by atoms with van der Waals surface area (Å²) in [6.07, 6.45) is 2.72. The van der Waals surface area contributed by atoms with Crippen molar-refractivity contribution in [1.29, 1.82) is 0 Å². The van der Waals surface area contributed by atoms with Gasteiger partial charge in [-0.1, -0.05) is 20.8 Å². The maximum Gasteiger partial charge on any atom is 0.257 e. The van der Waals surface area contributed by atoms with Gasteiger partial charge in [-0.05, 0) is 12.3 Å². The highest BCUT2D eigenvalue weighted by Gasteiger charge is 2.21. The van der Waals surface area contributed by atoms with Crippen LogP contribution in [0.5, 0.6) is 0 Å². The molecule has 4 N–H and O–H groups in total. The summed E-state index contributed by atoms with van der Waals surface area (Å²) in [6, 6.07) is -0.247. The second-order valence-electron chi connectivity index (χ2n) is 4.73. The van der Waals surface area contributed by atoms with Gasteiger partial charge in [-0.2, -0.15) is 0 Å². The van der Waals surface area contributed by atoms with Crippen molar-refractivity contribution < 1.29 is 8.42 Å². The molecule has 1 unspecified atom stereocenters. The van der Waals surface area contributed by atoms with Crippen molar-refractivity contribution >= 4 is 10.0 Å². The molecule has 0 aromatic carbocycles. The maximum atomic E-state index is 12.1. The van der Waals surface area contributed by atoms with E-state index in [9.17, 15) is 8.42 Å². The second kappa shape index (κ2) is 6.31. The standard InChI is InChI=1S/C11H22N4O2S/c1-4-10-13-7-11(14-10)18(16,17)15-9(6-12)5-8(2)3/h7-9,15H,4-6,12H2,1-3H3,(H,13,14). The SMILES string of the molecule is CCc1ncc(S(=O)(=O)NC(CN)CC(C)C)[nH]1. The van der Waals surface area contributed by atoms with Crippen LogP contribution in [0, 0.1) is 5.92 Å². The van der Waals surface area contributed by atoms with Gasteiger partial charge in [0.1, 0.15) is 5.82 Å². The van der Waals surface area contributed by atoms with Crippen LogP contribution in [0.1, 0.15) is 33.0 Å². The summed E-state index contributed by atoms with van der Waals surface area (Å²) < 4.78 is 26.8. The highest BCUT2D eigenvalue weighted by atomic mass is 32.2. The molecule has 0 spiro atoms. The molecule has 1 aromatic rings. The summed E-state index contributed by atoms with van der Waals surface area (Å²) in [7, 11) is -3.55. The molecule has 0 saturated heterocycles. The average Bonchev–Trinajstić information content (AvgIpc) is 2.76. The molecule has 18 heavy (non-hydrogen) atoms. The first kappa shape index (κ1) is 15.1. The zero-order valence-electron chi connectivity index (χ0n) is 11.1. The lowest BCUT2D eigenvalue weighted by Crippen LogP contribution is -2.41. The third-order valence-electron chi connectivity index (χ3n) is 2.59. The predicted octanol–water partition coefficient (Wildman–Crippen LogP) is 0.624. The number of imidazole rings is 1. The first-order chi connectivity index (χ1) is 8.39. The van der Waals surface area contributed by atoms with E-state index in [0.717, 1.165) is 0 Å². The fourth-order valence-corrected chi connectivity index (χ4v) is 2.91. The van der Waals surface area contributed by atoms with Crippen LogP contribution < -0.4 is 10.5 Å². The van der Waals surface area contributed by atoms with Crippen molar-refractivity contribution in [3.8, 4) is 0 Å². The third kappa shape index (κ3) is 4.08. The van der Waals surface area contributed by atoms with Gasteiger partial charge >= 0.3 is 0 Å². The quantitative estimate of drug-likeness (QED) is 0.678. The summed E-state index contributed by atoms with van der Waals surface area (Å²) in [5.41, 5.74) is 5.58. The van der Waals surface area contributed by atoms with Gasteiger partial charge in [0.2, 0.25) is 0 Å². The predicted molar refractivity (Wildman–Crippen MR) is 70.6 cm³/mol. The van der Waals surface area contributed by atoms with Crippen LogP contribution in [0.15, 0.2) is 11.2 Å². The van der Waals surface area contributed by atoms with E-state index >= 15 is 0 Å². The van der Waals surface area contributed by atoms with Crippen LogP contribution in [0.25, 0.3) is 0 Å². The molecule has 0 aliphatic rings. The van der Waals surface area contributed by atoms with Crippen LogP contribution in [-0.2, 0) is 16.4 Å². The van der Waals surface area contributed by atoms with Gasteiger partial charge in [0.25, 0.3) is 10.0 Å². The number of nitrogens with one attached hydrogen (secondary N) is 2. The van der Waals surface area contributed by atoms with Crippen molar-refractivity contribution in [1.82, 2.24) is 14.7 Å². The van der Waals surface area contributed by atoms with E-state index in [0.29, 0.717) is 24.6 Å². The minimum atomic E-state index is -3.55. The topological polar surface area (TPSA) is 101 Å². The number of rotatable bonds is 7. The Morgan fingerprint density at radius 3 is 2.61 bits per heavy atom. The molecule has 7 heteroatoms. The highest BCUT2D eigenvalue weighted by molar-refractivity contribution is 7.89. The molecule has 0 amide bonds. The highest BCUT2D eigenvalue weighted by Crippen LogP contribution is 2.10. The number of aromatic amines is 1. The van der Waals surface area contributed by atoms with Crippen LogP contribution in [0.3, 0.4) is 0 Å². The van der Waals surface area contributed by atoms with Crippen LogP contribution in [0.2, 0.25) is 0 Å². The molecule has 0 bridgehead atoms. The fraction of sp³-hybridized carbons (Fsp3) is 0.727. The van der Waals surface area contributed by atoms with Crippen molar-refractivity contribution in [2.24, 2.45) is 11.7 Å². The summed E-state index contributed by atoms with van der Waals surface area (Å²) in [4.78, 5) is 6.77. The molecular weight excluding hydrogens is 252 g/mol. The number of aromatic nitrogens is 2. The number of nitrogens with zero attached hydrogens (tertiary/aromatic N) is 1. The van der Waals surface area contributed by atoms with Crippen LogP contribution >= 0.6 is 0 Å². The normalized spacial score (nSPS) is 14.1. The van der Waals surface area contributed by atoms with Crippen molar-refractivity contribution in [3.05, 3.63) is 12.0 Å². The van der Waals surface area contributed by atoms with Gasteiger partial charge in [0.15, 0.2) is 5.03 Å². The summed E-state index contributed by atoms with van der Waals surface area (Å²) in [6.45, 7) is 6.25. The maximum absolute atomic E-state index is 12.1. The number of sulfonamides is 1. The largest absolute Gasteiger partial charge is 0.332 e. The summed E-state index contributed by atoms with van der Waals surface area (Å²) in [5.74, 6) is 1.04. The van der Waals surface area contributed by atoms with Gasteiger partial charge in [-0.3, -0.25) is 0 Å². The first-order valence-electron chi connectivity index (χ1n) is 6.15. The molecule has 0 aliphatic heterocycles. The van der Waals surface area contributed by atoms with Crippen molar-refractivity contribution in [3.63, 3.8) is 0 Å². The Hall–Kier alpha value is -0.920. The molecule has 1 aromatic heterocycles. The van der Waals surface area contributed by atoms with Crippen molar-refractivity contribution in [2.75, 3.05) is 6.54 Å². The molecule has 0 saturated carbocycles. The van der Waals surface area contributed by atoms with Crippen LogP contribution in [0.4, 0.5) is 0 Å². The zero-order valence-corrected chi connectivity index (χ0v) is 11.9. The smallest absolute Gasteiger partial charge is 0.257 e. The number of H-pyrrole nitrogens is 1. The lowest BCUT2D eigenvalue weighted by molar-refractivity contribution is 0.464. The van der Waals surface area contributed by atoms with E-state index in [1.54, 1.807) is 0 Å². The number of hydrogen-bond donors (Lipinski definition) is 3. The molecular formula is C11H22N4O2S. The summed E-state index contributed by atoms with van der Waals surface area (Å²) >= 11 is 0. The summed E-state index contributed by atoms with van der Waals surface area (Å²) in [5, 5.41) is 0.0987. The van der Waals surface area contributed by atoms with E-state index in [1.807, 2.05) is 20.8 Å². The average molecular weight is 274 g/mol. The molecule has 1 atom stereocenters. The zero-order chi connectivity index (χ0) is 13.8. The Bertz CT molecular complexity index is 467. The van der Waals surface area contributed by atoms with E-state index in [2.05, 4.69) is 14.7 Å². The van der Waals surface area contributed by atoms with Crippen molar-refractivity contribution in [2.45, 2.75) is 44.7 Å². The van der Waals surface area contributed by atoms with Gasteiger partial charge in [-0.25, -0.2) is 18.1 Å². The minimum Gasteiger partial charge on any atom is -0.332 e. The second-order valence-corrected chi connectivity index (χ2v) is 6.41. The van der Waals surface area contributed by atoms with E-state index in [4.69, 9.17) is 5.73 Å². The van der Waals surface area contributed by atoms with Crippen LogP contribution in [-0.4, -0.2) is 31.0 Å². The van der Waals surface area contributed by atoms with Gasteiger partial charge in [0.05, 0.1) is 6.20 Å². The van der Waals surface area contributed by atoms with E-state index in [-0.39, 0.29) is 17.6 Å². The molecule has 0 radical (unpaired) electrons. The molecule has 0 fully saturated rings. The molecule has 0 aliphatic carbocycles. The molecule has 1 heterocycles. The van der Waals surface area contributed by atoms with E-state index in [1.165, 1.54) is 6.20 Å². The minimum absolute atomic E-state index is 0.0987. The van der Waals surface area contributed by atoms with Gasteiger partial charge in [0, 0.05) is 19.0 Å². The lowest BCUT2D eigenvalue weighted by atomic mass is 10.1. The third-order valence-corrected chi connectivity index (χ3v) is 4.02. The Kier molecular flexibility index (Phi) is 5.30. The monoisotopic (exact) mass is 274 g/mol. The first-order valence-corrected chi connectivity index (χ1v) is 7.63. The fourth-order valence-electron chi connectivity index (χ4n) is 1.70. The Morgan fingerprint density at radius 1 is 1.50 bits per heavy atom. The van der Waals surface area contributed by atoms with E-state index < -0.39 is 10.0 Å². The van der Waals surface area contributed by atoms with Gasteiger partial charge in [-0.15, -0.1) is 0 Å². The Morgan fingerprint density at radius 2 is 2.17 bits per heavy atom. The Balaban J connectivity index is 2.80. The Labute approximate surface area is 108 Å². The number of aryl methyl sites for hydroxylation is 1. The number of hydrogen-bond acceptors (Lipinski definition) is 4. The number of nitrogens with two attached hydrogens (primary N) is 1. The van der Waals surface area contributed by atoms with Gasteiger partial charge < -0.3 is 10.7 Å². The molecule has 104 valence electrons.